The summed E-state index contributed by atoms with van der Waals surface area (Å²) < 4.78 is 5.68. The summed E-state index contributed by atoms with van der Waals surface area (Å²) in [5, 5.41) is 10.4. The SMILES string of the molecule is CC(C)N1C(=O)S/C(=C/c2ccc(OCc3ccc([N+](=O)[O-])cc3)cc2)C1=O. The lowest BCUT2D eigenvalue weighted by atomic mass is 10.2. The molecular weight excluding hydrogens is 380 g/mol. The monoisotopic (exact) mass is 398 g/mol. The van der Waals surface area contributed by atoms with Crippen molar-refractivity contribution >= 4 is 34.7 Å². The highest BCUT2D eigenvalue weighted by molar-refractivity contribution is 8.18. The molecule has 1 fully saturated rings. The van der Waals surface area contributed by atoms with Gasteiger partial charge < -0.3 is 4.74 Å². The van der Waals surface area contributed by atoms with Gasteiger partial charge in [-0.2, -0.15) is 0 Å². The molecule has 2 amide bonds. The molecule has 1 aliphatic rings. The third-order valence-corrected chi connectivity index (χ3v) is 4.95. The molecule has 7 nitrogen and oxygen atoms in total. The molecule has 1 saturated heterocycles. The van der Waals surface area contributed by atoms with Crippen LogP contribution in [0.2, 0.25) is 0 Å². The van der Waals surface area contributed by atoms with E-state index in [1.807, 2.05) is 0 Å². The second kappa shape index (κ2) is 8.26. The molecule has 8 heteroatoms. The maximum atomic E-state index is 12.3. The van der Waals surface area contributed by atoms with E-state index in [4.69, 9.17) is 4.74 Å². The number of rotatable bonds is 6. The van der Waals surface area contributed by atoms with E-state index in [1.54, 1.807) is 56.3 Å². The Morgan fingerprint density at radius 2 is 1.75 bits per heavy atom. The van der Waals surface area contributed by atoms with Gasteiger partial charge >= 0.3 is 0 Å². The van der Waals surface area contributed by atoms with Gasteiger partial charge in [-0.05, 0) is 67.1 Å². The van der Waals surface area contributed by atoms with Crippen LogP contribution in [0, 0.1) is 10.1 Å². The molecule has 1 aliphatic heterocycles. The van der Waals surface area contributed by atoms with Gasteiger partial charge in [0.25, 0.3) is 16.8 Å². The molecule has 0 aromatic heterocycles. The number of hydrogen-bond donors (Lipinski definition) is 0. The smallest absolute Gasteiger partial charge is 0.293 e. The second-order valence-electron chi connectivity index (χ2n) is 6.43. The highest BCUT2D eigenvalue weighted by Gasteiger charge is 2.36. The Hall–Kier alpha value is -3.13. The molecular formula is C20H18N2O5S. The van der Waals surface area contributed by atoms with Crippen molar-refractivity contribution in [3.8, 4) is 5.75 Å². The van der Waals surface area contributed by atoms with Crippen molar-refractivity contribution in [2.24, 2.45) is 0 Å². The second-order valence-corrected chi connectivity index (χ2v) is 7.42. The molecule has 28 heavy (non-hydrogen) atoms. The number of benzene rings is 2. The third kappa shape index (κ3) is 4.40. The Balaban J connectivity index is 1.63. The summed E-state index contributed by atoms with van der Waals surface area (Å²) in [5.41, 5.74) is 1.64. The van der Waals surface area contributed by atoms with Crippen LogP contribution in [0.1, 0.15) is 25.0 Å². The number of thioether (sulfide) groups is 1. The molecule has 0 aliphatic carbocycles. The standard InChI is InChI=1S/C20H18N2O5S/c1-13(2)21-19(23)18(28-20(21)24)11-14-5-9-17(10-6-14)27-12-15-3-7-16(8-4-15)22(25)26/h3-11,13H,12H2,1-2H3/b18-11+. The molecule has 0 atom stereocenters. The Labute approximate surface area is 166 Å². The van der Waals surface area contributed by atoms with E-state index in [0.717, 1.165) is 22.9 Å². The number of carbonyl (C=O) groups is 2. The Morgan fingerprint density at radius 3 is 2.29 bits per heavy atom. The van der Waals surface area contributed by atoms with Crippen molar-refractivity contribution in [1.29, 1.82) is 0 Å². The van der Waals surface area contributed by atoms with E-state index >= 15 is 0 Å². The molecule has 0 unspecified atom stereocenters. The number of ether oxygens (including phenoxy) is 1. The van der Waals surface area contributed by atoms with E-state index in [2.05, 4.69) is 0 Å². The van der Waals surface area contributed by atoms with Gasteiger partial charge in [-0.15, -0.1) is 0 Å². The van der Waals surface area contributed by atoms with Crippen LogP contribution in [0.15, 0.2) is 53.4 Å². The van der Waals surface area contributed by atoms with Gasteiger partial charge in [0.2, 0.25) is 0 Å². The first kappa shape index (κ1) is 19.6. The van der Waals surface area contributed by atoms with Crippen LogP contribution in [-0.2, 0) is 11.4 Å². The van der Waals surface area contributed by atoms with Gasteiger partial charge in [-0.1, -0.05) is 12.1 Å². The van der Waals surface area contributed by atoms with Crippen molar-refractivity contribution < 1.29 is 19.2 Å². The van der Waals surface area contributed by atoms with Crippen molar-refractivity contribution in [2.75, 3.05) is 0 Å². The van der Waals surface area contributed by atoms with Crippen molar-refractivity contribution in [2.45, 2.75) is 26.5 Å². The quantitative estimate of drug-likeness (QED) is 0.401. The average molecular weight is 398 g/mol. The average Bonchev–Trinajstić information content (AvgIpc) is 2.94. The zero-order valence-electron chi connectivity index (χ0n) is 15.3. The topological polar surface area (TPSA) is 89.8 Å². The van der Waals surface area contributed by atoms with Crippen molar-refractivity contribution in [1.82, 2.24) is 4.90 Å². The molecule has 1 heterocycles. The number of imide groups is 1. The summed E-state index contributed by atoms with van der Waals surface area (Å²) in [6.07, 6.45) is 1.69. The number of nitro groups is 1. The summed E-state index contributed by atoms with van der Waals surface area (Å²) in [6, 6.07) is 13.1. The number of non-ortho nitro benzene ring substituents is 1. The first-order valence-electron chi connectivity index (χ1n) is 8.58. The highest BCUT2D eigenvalue weighted by atomic mass is 32.2. The molecule has 0 bridgehead atoms. The molecule has 144 valence electrons. The molecule has 0 radical (unpaired) electrons. The number of hydrogen-bond acceptors (Lipinski definition) is 6. The molecule has 0 N–H and O–H groups in total. The fourth-order valence-electron chi connectivity index (χ4n) is 2.62. The molecule has 2 aromatic carbocycles. The minimum absolute atomic E-state index is 0.0370. The number of amides is 2. The third-order valence-electron chi connectivity index (χ3n) is 4.07. The van der Waals surface area contributed by atoms with Gasteiger partial charge in [0, 0.05) is 18.2 Å². The van der Waals surface area contributed by atoms with Crippen LogP contribution in [0.5, 0.6) is 5.75 Å². The summed E-state index contributed by atoms with van der Waals surface area (Å²) in [5.74, 6) is 0.356. The molecule has 0 spiro atoms. The first-order chi connectivity index (χ1) is 13.3. The van der Waals surface area contributed by atoms with Gasteiger partial charge in [0.05, 0.1) is 9.83 Å². The van der Waals surface area contributed by atoms with E-state index in [0.29, 0.717) is 10.7 Å². The summed E-state index contributed by atoms with van der Waals surface area (Å²) in [7, 11) is 0. The van der Waals surface area contributed by atoms with E-state index in [-0.39, 0.29) is 29.5 Å². The predicted molar refractivity (Wildman–Crippen MR) is 107 cm³/mol. The van der Waals surface area contributed by atoms with Crippen LogP contribution in [0.25, 0.3) is 6.08 Å². The van der Waals surface area contributed by atoms with Gasteiger partial charge in [0.15, 0.2) is 0 Å². The number of nitrogens with zero attached hydrogens (tertiary/aromatic N) is 2. The van der Waals surface area contributed by atoms with Crippen LogP contribution in [-0.4, -0.2) is 27.0 Å². The van der Waals surface area contributed by atoms with Crippen LogP contribution < -0.4 is 4.74 Å². The van der Waals surface area contributed by atoms with E-state index in [9.17, 15) is 19.7 Å². The maximum absolute atomic E-state index is 12.3. The number of carbonyl (C=O) groups excluding carboxylic acids is 2. The Bertz CT molecular complexity index is 936. The zero-order chi connectivity index (χ0) is 20.3. The van der Waals surface area contributed by atoms with Crippen molar-refractivity contribution in [3.05, 3.63) is 74.7 Å². The lowest BCUT2D eigenvalue weighted by Gasteiger charge is -2.16. The molecule has 0 saturated carbocycles. The fourth-order valence-corrected chi connectivity index (χ4v) is 3.58. The zero-order valence-corrected chi connectivity index (χ0v) is 16.1. The number of nitro benzene ring substituents is 1. The summed E-state index contributed by atoms with van der Waals surface area (Å²) in [6.45, 7) is 3.89. The van der Waals surface area contributed by atoms with Crippen LogP contribution in [0.4, 0.5) is 10.5 Å². The van der Waals surface area contributed by atoms with Crippen LogP contribution >= 0.6 is 11.8 Å². The highest BCUT2D eigenvalue weighted by Crippen LogP contribution is 2.33. The minimum Gasteiger partial charge on any atom is -0.489 e. The molecule has 2 aromatic rings. The van der Waals surface area contributed by atoms with Gasteiger partial charge in [0.1, 0.15) is 12.4 Å². The van der Waals surface area contributed by atoms with Gasteiger partial charge in [-0.3, -0.25) is 24.6 Å². The fraction of sp³-hybridized carbons (Fsp3) is 0.200. The Morgan fingerprint density at radius 1 is 1.11 bits per heavy atom. The van der Waals surface area contributed by atoms with Crippen molar-refractivity contribution in [3.63, 3.8) is 0 Å². The largest absolute Gasteiger partial charge is 0.489 e. The minimum atomic E-state index is -0.445. The van der Waals surface area contributed by atoms with E-state index in [1.165, 1.54) is 17.0 Å². The first-order valence-corrected chi connectivity index (χ1v) is 9.40. The summed E-state index contributed by atoms with van der Waals surface area (Å²) in [4.78, 5) is 36.1. The lowest BCUT2D eigenvalue weighted by molar-refractivity contribution is -0.384. The lowest BCUT2D eigenvalue weighted by Crippen LogP contribution is -2.34. The maximum Gasteiger partial charge on any atom is 0.293 e. The van der Waals surface area contributed by atoms with Gasteiger partial charge in [-0.25, -0.2) is 0 Å². The normalized spacial score (nSPS) is 15.5. The summed E-state index contributed by atoms with van der Waals surface area (Å²) >= 11 is 0.939. The predicted octanol–water partition coefficient (Wildman–Crippen LogP) is 4.62. The van der Waals surface area contributed by atoms with Crippen LogP contribution in [0.3, 0.4) is 0 Å². The molecule has 3 rings (SSSR count). The van der Waals surface area contributed by atoms with E-state index < -0.39 is 4.92 Å². The Kier molecular flexibility index (Phi) is 5.79.